The second-order valence-corrected chi connectivity index (χ2v) is 13.3. The Hall–Kier alpha value is -3.52. The van der Waals surface area contributed by atoms with Crippen LogP contribution in [0.4, 0.5) is 0 Å². The first-order valence-electron chi connectivity index (χ1n) is 16.8. The zero-order valence-corrected chi connectivity index (χ0v) is 26.1. The van der Waals surface area contributed by atoms with E-state index in [2.05, 4.69) is 98.8 Å². The highest BCUT2D eigenvalue weighted by atomic mass is 16.3. The Morgan fingerprint density at radius 1 is 0.535 bits per heavy atom. The molecule has 43 heavy (non-hydrogen) atoms. The molecular weight excluding hydrogens is 524 g/mol. The molecule has 2 atom stereocenters. The summed E-state index contributed by atoms with van der Waals surface area (Å²) in [5, 5.41) is 22.9. The van der Waals surface area contributed by atoms with Gasteiger partial charge in [0.05, 0.1) is 0 Å². The van der Waals surface area contributed by atoms with E-state index >= 15 is 0 Å². The van der Waals surface area contributed by atoms with Gasteiger partial charge >= 0.3 is 0 Å². The summed E-state index contributed by atoms with van der Waals surface area (Å²) in [6.07, 6.45) is 13.3. The van der Waals surface area contributed by atoms with Crippen LogP contribution in [0.1, 0.15) is 146 Å². The highest BCUT2D eigenvalue weighted by Crippen LogP contribution is 2.44. The highest BCUT2D eigenvalue weighted by molar-refractivity contribution is 5.53. The van der Waals surface area contributed by atoms with Crippen LogP contribution < -0.4 is 0 Å². The lowest BCUT2D eigenvalue weighted by Crippen LogP contribution is -2.12. The largest absolute Gasteiger partial charge is 0.508 e. The van der Waals surface area contributed by atoms with Crippen molar-refractivity contribution >= 4 is 0 Å². The molecule has 2 fully saturated rings. The Morgan fingerprint density at radius 3 is 1.28 bits per heavy atom. The van der Waals surface area contributed by atoms with Crippen LogP contribution in [0.3, 0.4) is 0 Å². The fourth-order valence-corrected chi connectivity index (χ4v) is 7.97. The molecular formula is C41H48O2. The first-order valence-corrected chi connectivity index (χ1v) is 16.8. The van der Waals surface area contributed by atoms with Gasteiger partial charge in [0.2, 0.25) is 0 Å². The molecule has 2 aliphatic carbocycles. The number of rotatable bonds is 8. The quantitative estimate of drug-likeness (QED) is 0.220. The fraction of sp³-hybridized carbons (Fsp3) is 0.415. The molecule has 4 aromatic carbocycles. The van der Waals surface area contributed by atoms with E-state index in [0.717, 1.165) is 17.5 Å². The van der Waals surface area contributed by atoms with E-state index in [4.69, 9.17) is 0 Å². The van der Waals surface area contributed by atoms with Crippen molar-refractivity contribution in [3.63, 3.8) is 0 Å². The SMILES string of the molecule is CC(c1ccccc1)c1cc(Cc2cc(C(C)c3ccccc3)c(O)cc2C2CCCCC2)c(C2CCCCC2)cc1O. The maximum Gasteiger partial charge on any atom is 0.119 e. The summed E-state index contributed by atoms with van der Waals surface area (Å²) in [5.41, 5.74) is 9.84. The average molecular weight is 573 g/mol. The predicted octanol–water partition coefficient (Wildman–Crippen LogP) is 11.1. The first kappa shape index (κ1) is 29.5. The van der Waals surface area contributed by atoms with Crippen LogP contribution in [0, 0.1) is 0 Å². The third kappa shape index (κ3) is 6.54. The number of hydrogen-bond acceptors (Lipinski definition) is 2. The smallest absolute Gasteiger partial charge is 0.119 e. The molecule has 4 aromatic rings. The van der Waals surface area contributed by atoms with Gasteiger partial charge in [-0.15, -0.1) is 0 Å². The van der Waals surface area contributed by atoms with Crippen molar-refractivity contribution in [3.05, 3.63) is 129 Å². The van der Waals surface area contributed by atoms with Crippen LogP contribution in [0.15, 0.2) is 84.9 Å². The van der Waals surface area contributed by atoms with E-state index in [1.165, 1.54) is 97.6 Å². The van der Waals surface area contributed by atoms with Gasteiger partial charge in [-0.3, -0.25) is 0 Å². The average Bonchev–Trinajstić information content (AvgIpc) is 3.07. The molecule has 0 bridgehead atoms. The third-order valence-electron chi connectivity index (χ3n) is 10.6. The van der Waals surface area contributed by atoms with Crippen molar-refractivity contribution in [1.82, 2.24) is 0 Å². The summed E-state index contributed by atoms with van der Waals surface area (Å²) in [6.45, 7) is 4.42. The maximum atomic E-state index is 11.4. The van der Waals surface area contributed by atoms with Gasteiger partial charge in [0.1, 0.15) is 11.5 Å². The molecule has 0 aromatic heterocycles. The van der Waals surface area contributed by atoms with Crippen LogP contribution >= 0.6 is 0 Å². The minimum Gasteiger partial charge on any atom is -0.508 e. The molecule has 0 saturated heterocycles. The molecule has 2 saturated carbocycles. The van der Waals surface area contributed by atoms with Crippen LogP contribution in [0.2, 0.25) is 0 Å². The first-order chi connectivity index (χ1) is 21.0. The van der Waals surface area contributed by atoms with Crippen LogP contribution in [-0.4, -0.2) is 10.2 Å². The van der Waals surface area contributed by atoms with Crippen molar-refractivity contribution in [2.75, 3.05) is 0 Å². The zero-order valence-electron chi connectivity index (χ0n) is 26.1. The van der Waals surface area contributed by atoms with Crippen LogP contribution in [0.25, 0.3) is 0 Å². The predicted molar refractivity (Wildman–Crippen MR) is 179 cm³/mol. The van der Waals surface area contributed by atoms with E-state index in [1.54, 1.807) is 0 Å². The maximum absolute atomic E-state index is 11.4. The summed E-state index contributed by atoms with van der Waals surface area (Å²) in [4.78, 5) is 0. The molecule has 2 heteroatoms. The molecule has 0 heterocycles. The molecule has 2 N–H and O–H groups in total. The molecule has 224 valence electrons. The normalized spacial score (nSPS) is 17.9. The topological polar surface area (TPSA) is 40.5 Å². The lowest BCUT2D eigenvalue weighted by Gasteiger charge is -2.29. The molecule has 0 amide bonds. The fourth-order valence-electron chi connectivity index (χ4n) is 7.97. The van der Waals surface area contributed by atoms with Gasteiger partial charge in [-0.1, -0.05) is 125 Å². The molecule has 6 rings (SSSR count). The van der Waals surface area contributed by atoms with Gasteiger partial charge < -0.3 is 10.2 Å². The number of hydrogen-bond donors (Lipinski definition) is 2. The Labute approximate surface area is 258 Å². The standard InChI is InChI=1S/C41H48O2/c1-28(30-15-7-3-8-16-30)36-24-34(38(26-40(36)42)32-19-11-5-12-20-32)23-35-25-37(29(2)31-17-9-4-10-18-31)41(43)27-39(35)33-21-13-6-14-22-33/h3-4,7-10,15-18,24-29,32-33,42-43H,5-6,11-14,19-23H2,1-2H3. The van der Waals surface area contributed by atoms with Crippen LogP contribution in [0.5, 0.6) is 11.5 Å². The lowest BCUT2D eigenvalue weighted by atomic mass is 9.76. The van der Waals surface area contributed by atoms with Gasteiger partial charge in [-0.05, 0) is 89.5 Å². The van der Waals surface area contributed by atoms with Crippen molar-refractivity contribution in [2.45, 2.75) is 108 Å². The number of aromatic hydroxyl groups is 2. The molecule has 0 radical (unpaired) electrons. The second-order valence-electron chi connectivity index (χ2n) is 13.3. The van der Waals surface area contributed by atoms with Crippen molar-refractivity contribution in [2.24, 2.45) is 0 Å². The summed E-state index contributed by atoms with van der Waals surface area (Å²) in [6, 6.07) is 30.0. The molecule has 0 aliphatic heterocycles. The Morgan fingerprint density at radius 2 is 0.907 bits per heavy atom. The van der Waals surface area contributed by atoms with E-state index in [0.29, 0.717) is 23.3 Å². The van der Waals surface area contributed by atoms with Gasteiger partial charge in [0, 0.05) is 23.0 Å². The van der Waals surface area contributed by atoms with E-state index < -0.39 is 0 Å². The van der Waals surface area contributed by atoms with Crippen molar-refractivity contribution in [1.29, 1.82) is 0 Å². The van der Waals surface area contributed by atoms with Crippen molar-refractivity contribution < 1.29 is 10.2 Å². The van der Waals surface area contributed by atoms with Crippen molar-refractivity contribution in [3.8, 4) is 11.5 Å². The molecule has 2 nitrogen and oxygen atoms in total. The summed E-state index contributed by atoms with van der Waals surface area (Å²) in [5.74, 6) is 2.05. The molecule has 2 aliphatic rings. The summed E-state index contributed by atoms with van der Waals surface area (Å²) < 4.78 is 0. The Balaban J connectivity index is 1.47. The van der Waals surface area contributed by atoms with E-state index in [9.17, 15) is 10.2 Å². The molecule has 2 unspecified atom stereocenters. The minimum atomic E-state index is 0.103. The highest BCUT2D eigenvalue weighted by Gasteiger charge is 2.26. The summed E-state index contributed by atoms with van der Waals surface area (Å²) in [7, 11) is 0. The van der Waals surface area contributed by atoms with Gasteiger partial charge in [0.25, 0.3) is 0 Å². The van der Waals surface area contributed by atoms with E-state index in [1.807, 2.05) is 0 Å². The van der Waals surface area contributed by atoms with Gasteiger partial charge in [0.15, 0.2) is 0 Å². The Bertz CT molecular complexity index is 1380. The monoisotopic (exact) mass is 572 g/mol. The van der Waals surface area contributed by atoms with Gasteiger partial charge in [-0.25, -0.2) is 0 Å². The second kappa shape index (κ2) is 13.4. The molecule has 0 spiro atoms. The third-order valence-corrected chi connectivity index (χ3v) is 10.6. The number of phenols is 2. The Kier molecular flexibility index (Phi) is 9.22. The number of phenolic OH excluding ortho intramolecular Hbond substituents is 2. The minimum absolute atomic E-state index is 0.103. The zero-order chi connectivity index (χ0) is 29.8. The number of benzene rings is 4. The van der Waals surface area contributed by atoms with E-state index in [-0.39, 0.29) is 11.8 Å². The lowest BCUT2D eigenvalue weighted by molar-refractivity contribution is 0.432. The summed E-state index contributed by atoms with van der Waals surface area (Å²) >= 11 is 0. The van der Waals surface area contributed by atoms with Gasteiger partial charge in [-0.2, -0.15) is 0 Å². The van der Waals surface area contributed by atoms with Crippen LogP contribution in [-0.2, 0) is 6.42 Å².